The molecule has 1 aromatic carbocycles. The van der Waals surface area contributed by atoms with Crippen molar-refractivity contribution in [3.05, 3.63) is 50.1 Å². The van der Waals surface area contributed by atoms with Gasteiger partial charge in [-0.1, -0.05) is 12.1 Å². The fourth-order valence-corrected chi connectivity index (χ4v) is 1.68. The van der Waals surface area contributed by atoms with E-state index < -0.39 is 21.7 Å². The van der Waals surface area contributed by atoms with Crippen LogP contribution in [0.15, 0.2) is 24.3 Å². The van der Waals surface area contributed by atoms with E-state index in [1.54, 1.807) is 6.07 Å². The first-order valence-corrected chi connectivity index (χ1v) is 5.54. The van der Waals surface area contributed by atoms with E-state index in [0.29, 0.717) is 5.56 Å². The van der Waals surface area contributed by atoms with Crippen molar-refractivity contribution in [1.29, 1.82) is 0 Å². The quantitative estimate of drug-likeness (QED) is 0.610. The van der Waals surface area contributed by atoms with Gasteiger partial charge in [-0.3, -0.25) is 20.2 Å². The summed E-state index contributed by atoms with van der Waals surface area (Å²) in [6.07, 6.45) is -0.812. The predicted octanol–water partition coefficient (Wildman–Crippen LogP) is 1.68. The number of ether oxygens (including phenoxy) is 2. The first kappa shape index (κ1) is 13.4. The normalized spacial score (nSPS) is 26.9. The maximum atomic E-state index is 10.8. The third kappa shape index (κ3) is 2.69. The van der Waals surface area contributed by atoms with Crippen LogP contribution in [0.3, 0.4) is 0 Å². The molecule has 1 aromatic rings. The van der Waals surface area contributed by atoms with Crippen molar-refractivity contribution in [2.45, 2.75) is 18.8 Å². The molecule has 0 atom stereocenters. The summed E-state index contributed by atoms with van der Waals surface area (Å²) in [5.74, 6) is 0. The lowest BCUT2D eigenvalue weighted by Crippen LogP contribution is -2.48. The highest BCUT2D eigenvalue weighted by Crippen LogP contribution is 2.29. The van der Waals surface area contributed by atoms with Gasteiger partial charge in [0.1, 0.15) is 13.2 Å². The van der Waals surface area contributed by atoms with Crippen LogP contribution in [0.25, 0.3) is 0 Å². The van der Waals surface area contributed by atoms with Gasteiger partial charge in [0.25, 0.3) is 11.2 Å². The zero-order valence-corrected chi connectivity index (χ0v) is 10.1. The molecule has 0 radical (unpaired) electrons. The lowest BCUT2D eigenvalue weighted by molar-refractivity contribution is -0.587. The van der Waals surface area contributed by atoms with E-state index in [-0.39, 0.29) is 18.9 Å². The van der Waals surface area contributed by atoms with Crippen LogP contribution >= 0.6 is 0 Å². The van der Waals surface area contributed by atoms with Crippen molar-refractivity contribution in [2.75, 3.05) is 13.2 Å². The van der Waals surface area contributed by atoms with Crippen molar-refractivity contribution in [3.8, 4) is 0 Å². The van der Waals surface area contributed by atoms with Gasteiger partial charge < -0.3 is 9.47 Å². The Bertz CT molecular complexity index is 510. The summed E-state index contributed by atoms with van der Waals surface area (Å²) < 4.78 is 10.6. The number of hydrogen-bond donors (Lipinski definition) is 0. The minimum absolute atomic E-state index is 0.0766. The van der Waals surface area contributed by atoms with Gasteiger partial charge in [-0.25, -0.2) is 0 Å². The maximum absolute atomic E-state index is 10.8. The highest BCUT2D eigenvalue weighted by Gasteiger charge is 2.43. The molecule has 0 amide bonds. The van der Waals surface area contributed by atoms with Crippen LogP contribution in [0, 0.1) is 20.2 Å². The summed E-state index contributed by atoms with van der Waals surface area (Å²) in [4.78, 5) is 20.5. The molecule has 19 heavy (non-hydrogen) atoms. The Hall–Kier alpha value is -2.06. The summed E-state index contributed by atoms with van der Waals surface area (Å²) >= 11 is 0. The molecule has 2 rings (SSSR count). The summed E-state index contributed by atoms with van der Waals surface area (Å²) in [7, 11) is 0. The summed E-state index contributed by atoms with van der Waals surface area (Å²) in [6, 6.07) is 5.82. The van der Waals surface area contributed by atoms with Crippen LogP contribution in [0.2, 0.25) is 0 Å². The highest BCUT2D eigenvalue weighted by atomic mass is 16.7. The van der Waals surface area contributed by atoms with Crippen LogP contribution in [-0.4, -0.2) is 28.6 Å². The van der Waals surface area contributed by atoms with Crippen LogP contribution in [-0.2, 0) is 9.47 Å². The van der Waals surface area contributed by atoms with E-state index in [2.05, 4.69) is 0 Å². The largest absolute Gasteiger partial charge is 0.341 e. The van der Waals surface area contributed by atoms with Gasteiger partial charge in [-0.15, -0.1) is 0 Å². The molecule has 0 saturated carbocycles. The third-order valence-electron chi connectivity index (χ3n) is 2.89. The molecule has 1 saturated heterocycles. The van der Waals surface area contributed by atoms with Crippen molar-refractivity contribution < 1.29 is 19.3 Å². The van der Waals surface area contributed by atoms with Crippen LogP contribution in [0.5, 0.6) is 0 Å². The van der Waals surface area contributed by atoms with Crippen molar-refractivity contribution >= 4 is 5.69 Å². The fourth-order valence-electron chi connectivity index (χ4n) is 1.68. The van der Waals surface area contributed by atoms with Gasteiger partial charge in [-0.05, 0) is 0 Å². The van der Waals surface area contributed by atoms with E-state index >= 15 is 0 Å². The Morgan fingerprint density at radius 1 is 1.26 bits per heavy atom. The van der Waals surface area contributed by atoms with E-state index in [1.165, 1.54) is 25.1 Å². The van der Waals surface area contributed by atoms with Crippen LogP contribution in [0.1, 0.15) is 18.8 Å². The molecule has 0 bridgehead atoms. The average molecular weight is 268 g/mol. The zero-order chi connectivity index (χ0) is 14.0. The number of nitro benzene ring substituents is 1. The van der Waals surface area contributed by atoms with Gasteiger partial charge in [0, 0.05) is 29.5 Å². The van der Waals surface area contributed by atoms with Gasteiger partial charge in [0.2, 0.25) is 0 Å². The number of rotatable bonds is 3. The standard InChI is InChI=1S/C11H12N2O6/c1-11(13(16)17)6-18-10(19-7-11)8-3-2-4-9(5-8)12(14)15/h2-5,10H,6-7H2,1H3. The van der Waals surface area contributed by atoms with Gasteiger partial charge in [0.05, 0.1) is 4.92 Å². The zero-order valence-electron chi connectivity index (χ0n) is 10.1. The van der Waals surface area contributed by atoms with Crippen molar-refractivity contribution in [1.82, 2.24) is 0 Å². The van der Waals surface area contributed by atoms with E-state index in [1.807, 2.05) is 0 Å². The molecular weight excluding hydrogens is 256 g/mol. The summed E-state index contributed by atoms with van der Waals surface area (Å²) in [5, 5.41) is 21.5. The molecular formula is C11H12N2O6. The minimum Gasteiger partial charge on any atom is -0.341 e. The molecule has 0 spiro atoms. The average Bonchev–Trinajstić information content (AvgIpc) is 2.39. The summed E-state index contributed by atoms with van der Waals surface area (Å²) in [6.45, 7) is 1.22. The highest BCUT2D eigenvalue weighted by molar-refractivity contribution is 5.34. The second-order valence-corrected chi connectivity index (χ2v) is 4.56. The SMILES string of the molecule is CC1([N+](=O)[O-])COC(c2cccc([N+](=O)[O-])c2)OC1. The van der Waals surface area contributed by atoms with E-state index in [9.17, 15) is 20.2 Å². The number of hydrogen-bond acceptors (Lipinski definition) is 6. The second kappa shape index (κ2) is 4.90. The van der Waals surface area contributed by atoms with E-state index in [0.717, 1.165) is 0 Å². The molecule has 8 heteroatoms. The smallest absolute Gasteiger partial charge is 0.269 e. The van der Waals surface area contributed by atoms with Crippen molar-refractivity contribution in [2.24, 2.45) is 0 Å². The number of nitrogens with zero attached hydrogens (tertiary/aromatic N) is 2. The lowest BCUT2D eigenvalue weighted by atomic mass is 10.1. The molecule has 1 aliphatic heterocycles. The molecule has 102 valence electrons. The first-order valence-electron chi connectivity index (χ1n) is 5.54. The number of nitro groups is 2. The third-order valence-corrected chi connectivity index (χ3v) is 2.89. The first-order chi connectivity index (χ1) is 8.92. The number of benzene rings is 1. The molecule has 0 aromatic heterocycles. The Morgan fingerprint density at radius 3 is 2.42 bits per heavy atom. The maximum Gasteiger partial charge on any atom is 0.269 e. The Kier molecular flexibility index (Phi) is 3.45. The second-order valence-electron chi connectivity index (χ2n) is 4.56. The van der Waals surface area contributed by atoms with E-state index in [4.69, 9.17) is 9.47 Å². The molecule has 1 heterocycles. The minimum atomic E-state index is -1.28. The van der Waals surface area contributed by atoms with Crippen LogP contribution in [0.4, 0.5) is 5.69 Å². The van der Waals surface area contributed by atoms with Gasteiger partial charge in [0.15, 0.2) is 6.29 Å². The monoisotopic (exact) mass is 268 g/mol. The molecule has 1 aliphatic rings. The molecule has 8 nitrogen and oxygen atoms in total. The molecule has 0 unspecified atom stereocenters. The molecule has 1 fully saturated rings. The van der Waals surface area contributed by atoms with Crippen LogP contribution < -0.4 is 0 Å². The Balaban J connectivity index is 2.12. The topological polar surface area (TPSA) is 105 Å². The van der Waals surface area contributed by atoms with Crippen molar-refractivity contribution in [3.63, 3.8) is 0 Å². The van der Waals surface area contributed by atoms with Gasteiger partial charge >= 0.3 is 0 Å². The molecule has 0 N–H and O–H groups in total. The number of non-ortho nitro benzene ring substituents is 1. The van der Waals surface area contributed by atoms with Gasteiger partial charge in [-0.2, -0.15) is 0 Å². The summed E-state index contributed by atoms with van der Waals surface area (Å²) in [5.41, 5.74) is -0.885. The lowest BCUT2D eigenvalue weighted by Gasteiger charge is -2.31. The predicted molar refractivity (Wildman–Crippen MR) is 63.1 cm³/mol. The fraction of sp³-hybridized carbons (Fsp3) is 0.455. The molecule has 0 aliphatic carbocycles. The Morgan fingerprint density at radius 2 is 1.89 bits per heavy atom. The Labute approximate surface area is 108 Å².